The Balaban J connectivity index is 0.964. The second kappa shape index (κ2) is 17.6. The van der Waals surface area contributed by atoms with Crippen molar-refractivity contribution in [1.82, 2.24) is 30.3 Å². The summed E-state index contributed by atoms with van der Waals surface area (Å²) in [5.74, 6) is -0.531. The minimum atomic E-state index is -0.664. The van der Waals surface area contributed by atoms with E-state index in [9.17, 15) is 19.2 Å². The van der Waals surface area contributed by atoms with Crippen LogP contribution in [0.25, 0.3) is 0 Å². The first-order valence-electron chi connectivity index (χ1n) is 21.0. The molecular weight excluding hydrogens is 717 g/mol. The molecule has 3 aromatic rings. The predicted molar refractivity (Wildman–Crippen MR) is 220 cm³/mol. The lowest BCUT2D eigenvalue weighted by atomic mass is 9.88. The summed E-state index contributed by atoms with van der Waals surface area (Å²) in [6, 6.07) is 15.8. The van der Waals surface area contributed by atoms with Crippen LogP contribution in [0, 0.1) is 18.8 Å². The number of carbonyl (C=O) groups is 4. The molecule has 12 nitrogen and oxygen atoms in total. The average molecular weight is 773 g/mol. The van der Waals surface area contributed by atoms with Gasteiger partial charge in [-0.1, -0.05) is 30.3 Å². The third-order valence-corrected chi connectivity index (χ3v) is 13.0. The van der Waals surface area contributed by atoms with E-state index >= 15 is 0 Å². The number of anilines is 1. The molecule has 0 spiro atoms. The van der Waals surface area contributed by atoms with Gasteiger partial charge >= 0.3 is 0 Å². The number of benzene rings is 2. The van der Waals surface area contributed by atoms with Crippen LogP contribution in [0.3, 0.4) is 0 Å². The van der Waals surface area contributed by atoms with Crippen molar-refractivity contribution >= 4 is 35.5 Å². The highest BCUT2D eigenvalue weighted by Crippen LogP contribution is 2.29. The van der Waals surface area contributed by atoms with E-state index < -0.39 is 12.0 Å². The average Bonchev–Trinajstić information content (AvgIpc) is 3.73. The molecule has 57 heavy (non-hydrogen) atoms. The highest BCUT2D eigenvalue weighted by molar-refractivity contribution is 5.91. The van der Waals surface area contributed by atoms with Crippen molar-refractivity contribution in [1.29, 1.82) is 0 Å². The van der Waals surface area contributed by atoms with Gasteiger partial charge in [0.15, 0.2) is 0 Å². The SMILES string of the molecule is Cc1cc(C[C@@H](CC(=O)N2CCC(N3Cc4ccccc4CC3=O)CC2)C(=O)N[C@@H](CC2CCNCC2)C(=O)N2CCN(c3ccncc3)CC2)cc2c1CN=C2. The van der Waals surface area contributed by atoms with Crippen LogP contribution in [0.1, 0.15) is 71.9 Å². The van der Waals surface area contributed by atoms with Crippen molar-refractivity contribution in [2.45, 2.75) is 83.5 Å². The lowest BCUT2D eigenvalue weighted by Crippen LogP contribution is -2.56. The number of piperidine rings is 2. The molecule has 8 rings (SSSR count). The van der Waals surface area contributed by atoms with E-state index in [1.165, 1.54) is 11.1 Å². The van der Waals surface area contributed by atoms with E-state index in [0.29, 0.717) is 90.4 Å². The Morgan fingerprint density at radius 3 is 2.39 bits per heavy atom. The number of aliphatic imine (C=N–C) groups is 1. The maximum absolute atomic E-state index is 14.6. The van der Waals surface area contributed by atoms with E-state index in [1.807, 2.05) is 51.2 Å². The molecule has 2 atom stereocenters. The Morgan fingerprint density at radius 1 is 0.895 bits per heavy atom. The number of aromatic nitrogens is 1. The monoisotopic (exact) mass is 772 g/mol. The Morgan fingerprint density at radius 2 is 1.63 bits per heavy atom. The first kappa shape index (κ1) is 38.8. The highest BCUT2D eigenvalue weighted by Gasteiger charge is 2.36. The lowest BCUT2D eigenvalue weighted by molar-refractivity contribution is -0.141. The lowest BCUT2D eigenvalue weighted by Gasteiger charge is -2.41. The topological polar surface area (TPSA) is 131 Å². The van der Waals surface area contributed by atoms with E-state index in [0.717, 1.165) is 53.9 Å². The molecule has 0 saturated carbocycles. The van der Waals surface area contributed by atoms with Gasteiger partial charge in [-0.15, -0.1) is 0 Å². The summed E-state index contributed by atoms with van der Waals surface area (Å²) in [6.07, 6.45) is 10.2. The number of pyridine rings is 1. The Labute approximate surface area is 336 Å². The van der Waals surface area contributed by atoms with E-state index in [2.05, 4.69) is 50.6 Å². The van der Waals surface area contributed by atoms with Gasteiger partial charge < -0.3 is 30.2 Å². The molecule has 2 N–H and O–H groups in total. The van der Waals surface area contributed by atoms with Crippen molar-refractivity contribution in [2.75, 3.05) is 57.3 Å². The molecular formula is C45H56N8O4. The summed E-state index contributed by atoms with van der Waals surface area (Å²) >= 11 is 0. The van der Waals surface area contributed by atoms with Crippen LogP contribution in [0.5, 0.6) is 0 Å². The fourth-order valence-corrected chi connectivity index (χ4v) is 9.59. The second-order valence-corrected chi connectivity index (χ2v) is 16.6. The molecule has 6 heterocycles. The molecule has 3 saturated heterocycles. The van der Waals surface area contributed by atoms with Gasteiger partial charge in [-0.2, -0.15) is 0 Å². The normalized spacial score (nSPS) is 19.9. The maximum Gasteiger partial charge on any atom is 0.245 e. The van der Waals surface area contributed by atoms with E-state index in [1.54, 1.807) is 12.4 Å². The van der Waals surface area contributed by atoms with Crippen molar-refractivity contribution in [3.05, 3.63) is 94.3 Å². The Hall–Kier alpha value is -5.10. The number of rotatable bonds is 11. The van der Waals surface area contributed by atoms with E-state index in [-0.39, 0.29) is 36.1 Å². The zero-order valence-corrected chi connectivity index (χ0v) is 33.2. The Bertz CT molecular complexity index is 1960. The van der Waals surface area contributed by atoms with Crippen LogP contribution in [0.2, 0.25) is 0 Å². The van der Waals surface area contributed by atoms with Crippen LogP contribution in [0.4, 0.5) is 5.69 Å². The second-order valence-electron chi connectivity index (χ2n) is 16.6. The molecule has 0 unspecified atom stereocenters. The number of likely N-dealkylation sites (tertiary alicyclic amines) is 1. The van der Waals surface area contributed by atoms with Crippen LogP contribution >= 0.6 is 0 Å². The molecule has 1 aromatic heterocycles. The smallest absolute Gasteiger partial charge is 0.245 e. The molecule has 12 heteroatoms. The number of hydrogen-bond acceptors (Lipinski definition) is 8. The number of amides is 4. The van der Waals surface area contributed by atoms with Gasteiger partial charge in [0.25, 0.3) is 0 Å². The number of hydrogen-bond donors (Lipinski definition) is 2. The number of carbonyl (C=O) groups excluding carboxylic acids is 4. The molecule has 5 aliphatic heterocycles. The minimum Gasteiger partial charge on any atom is -0.368 e. The quantitative estimate of drug-likeness (QED) is 0.305. The molecule has 0 radical (unpaired) electrons. The number of nitrogens with one attached hydrogen (secondary N) is 2. The molecule has 4 amide bonds. The van der Waals surface area contributed by atoms with Crippen LogP contribution in [-0.2, 0) is 45.1 Å². The van der Waals surface area contributed by atoms with E-state index in [4.69, 9.17) is 0 Å². The summed E-state index contributed by atoms with van der Waals surface area (Å²) in [6.45, 7) is 8.79. The molecule has 2 aromatic carbocycles. The van der Waals surface area contributed by atoms with Gasteiger partial charge in [0, 0.05) is 82.6 Å². The first-order chi connectivity index (χ1) is 27.8. The largest absolute Gasteiger partial charge is 0.368 e. The van der Waals surface area contributed by atoms with Gasteiger partial charge in [0.1, 0.15) is 6.04 Å². The van der Waals surface area contributed by atoms with Gasteiger partial charge in [-0.25, -0.2) is 0 Å². The highest BCUT2D eigenvalue weighted by atomic mass is 16.2. The summed E-state index contributed by atoms with van der Waals surface area (Å²) < 4.78 is 0. The summed E-state index contributed by atoms with van der Waals surface area (Å²) in [4.78, 5) is 73.0. The van der Waals surface area contributed by atoms with Gasteiger partial charge in [0.05, 0.1) is 18.9 Å². The zero-order valence-electron chi connectivity index (χ0n) is 33.2. The number of nitrogens with zero attached hydrogens (tertiary/aromatic N) is 6. The summed E-state index contributed by atoms with van der Waals surface area (Å²) in [5, 5.41) is 6.68. The van der Waals surface area contributed by atoms with Crippen LogP contribution in [0.15, 0.2) is 65.9 Å². The molecule has 3 fully saturated rings. The zero-order chi connectivity index (χ0) is 39.3. The van der Waals surface area contributed by atoms with Gasteiger partial charge in [-0.05, 0) is 116 Å². The van der Waals surface area contributed by atoms with Crippen molar-refractivity contribution in [3.63, 3.8) is 0 Å². The fourth-order valence-electron chi connectivity index (χ4n) is 9.59. The fraction of sp³-hybridized carbons (Fsp3) is 0.511. The number of piperazine rings is 1. The summed E-state index contributed by atoms with van der Waals surface area (Å²) in [7, 11) is 0. The third kappa shape index (κ3) is 9.06. The molecule has 300 valence electrons. The summed E-state index contributed by atoms with van der Waals surface area (Å²) in [5.41, 5.74) is 7.78. The van der Waals surface area contributed by atoms with Gasteiger partial charge in [0.2, 0.25) is 23.6 Å². The van der Waals surface area contributed by atoms with Crippen LogP contribution < -0.4 is 15.5 Å². The van der Waals surface area contributed by atoms with Crippen molar-refractivity contribution in [2.24, 2.45) is 16.8 Å². The van der Waals surface area contributed by atoms with Gasteiger partial charge in [-0.3, -0.25) is 29.2 Å². The Kier molecular flexibility index (Phi) is 12.0. The third-order valence-electron chi connectivity index (χ3n) is 13.0. The predicted octanol–water partition coefficient (Wildman–Crippen LogP) is 3.67. The van der Waals surface area contributed by atoms with Crippen molar-refractivity contribution in [3.8, 4) is 0 Å². The maximum atomic E-state index is 14.6. The molecule has 5 aliphatic rings. The molecule has 0 aliphatic carbocycles. The first-order valence-corrected chi connectivity index (χ1v) is 21.0. The molecule has 0 bridgehead atoms. The standard InChI is InChI=1S/C45H56N8O4/c1-31-22-33(24-37-28-48-29-40(31)37)23-36(27-42(54)51-16-10-39(11-17-51)53-30-35-5-3-2-4-34(35)26-43(53)55)44(56)49-41(25-32-6-12-46-13-7-32)45(57)52-20-18-50(19-21-52)38-8-14-47-15-9-38/h2-5,8-9,14-15,22,24,28,32,36,39,41,46H,6-7,10-13,16-21,23,25-27,29-30H2,1H3,(H,49,56)/t36-,41-/m0/s1. The number of aryl methyl sites for hydroxylation is 1. The van der Waals surface area contributed by atoms with Crippen molar-refractivity contribution < 1.29 is 19.2 Å². The van der Waals surface area contributed by atoms with Crippen LogP contribution in [-0.4, -0.2) is 114 Å². The minimum absolute atomic E-state index is 0.0390. The number of fused-ring (bicyclic) bond motifs is 2.